The Morgan fingerprint density at radius 2 is 1.95 bits per heavy atom. The van der Waals surface area contributed by atoms with Crippen LogP contribution < -0.4 is 5.32 Å². The van der Waals surface area contributed by atoms with E-state index in [0.29, 0.717) is 12.0 Å². The lowest BCUT2D eigenvalue weighted by atomic mass is 9.94. The van der Waals surface area contributed by atoms with Crippen LogP contribution in [-0.2, 0) is 4.74 Å². The Bertz CT molecular complexity index is 329. The normalized spacial score (nSPS) is 14.6. The van der Waals surface area contributed by atoms with Crippen LogP contribution in [0.1, 0.15) is 25.5 Å². The second kappa shape index (κ2) is 9.08. The molecule has 1 aromatic rings. The summed E-state index contributed by atoms with van der Waals surface area (Å²) in [6.07, 6.45) is 0. The Morgan fingerprint density at radius 1 is 1.26 bits per heavy atom. The first-order valence-electron chi connectivity index (χ1n) is 7.16. The maximum atomic E-state index is 5.17. The summed E-state index contributed by atoms with van der Waals surface area (Å²) >= 11 is 0. The monoisotopic (exact) mass is 264 g/mol. The highest BCUT2D eigenvalue weighted by molar-refractivity contribution is 5.19. The molecule has 0 bridgehead atoms. The van der Waals surface area contributed by atoms with Crippen LogP contribution in [0.4, 0.5) is 0 Å². The molecule has 3 heteroatoms. The molecular formula is C16H28N2O. The van der Waals surface area contributed by atoms with Crippen molar-refractivity contribution in [2.24, 2.45) is 5.92 Å². The highest BCUT2D eigenvalue weighted by atomic mass is 16.5. The van der Waals surface area contributed by atoms with Gasteiger partial charge in [-0.1, -0.05) is 44.2 Å². The van der Waals surface area contributed by atoms with Crippen molar-refractivity contribution in [3.63, 3.8) is 0 Å². The van der Waals surface area contributed by atoms with E-state index in [1.54, 1.807) is 7.11 Å². The van der Waals surface area contributed by atoms with Crippen molar-refractivity contribution < 1.29 is 4.74 Å². The molecular weight excluding hydrogens is 236 g/mol. The average molecular weight is 264 g/mol. The Morgan fingerprint density at radius 3 is 2.47 bits per heavy atom. The van der Waals surface area contributed by atoms with Crippen molar-refractivity contribution in [2.45, 2.75) is 19.9 Å². The second-order valence-corrected chi connectivity index (χ2v) is 5.04. The molecule has 0 aromatic heterocycles. The molecule has 0 saturated heterocycles. The molecule has 108 valence electrons. The number of nitrogens with zero attached hydrogens (tertiary/aromatic N) is 1. The number of ether oxygens (including phenoxy) is 1. The van der Waals surface area contributed by atoms with E-state index in [0.717, 1.165) is 26.2 Å². The number of methoxy groups -OCH3 is 1. The third-order valence-corrected chi connectivity index (χ3v) is 3.64. The molecule has 3 nitrogen and oxygen atoms in total. The van der Waals surface area contributed by atoms with E-state index in [4.69, 9.17) is 4.74 Å². The summed E-state index contributed by atoms with van der Waals surface area (Å²) in [6.45, 7) is 8.47. The predicted octanol–water partition coefficient (Wildman–Crippen LogP) is 2.55. The van der Waals surface area contributed by atoms with Gasteiger partial charge in [-0.25, -0.2) is 0 Å². The number of likely N-dealkylation sites (N-methyl/N-ethyl adjacent to an activating group) is 1. The minimum atomic E-state index is 0.401. The molecule has 0 radical (unpaired) electrons. The maximum Gasteiger partial charge on any atom is 0.0589 e. The molecule has 0 amide bonds. The number of nitrogens with one attached hydrogen (secondary N) is 1. The van der Waals surface area contributed by atoms with E-state index >= 15 is 0 Å². The molecule has 0 aliphatic heterocycles. The lowest BCUT2D eigenvalue weighted by Gasteiger charge is -2.29. The van der Waals surface area contributed by atoms with Gasteiger partial charge in [0.05, 0.1) is 6.61 Å². The molecule has 1 aromatic carbocycles. The molecule has 0 aliphatic rings. The van der Waals surface area contributed by atoms with Gasteiger partial charge in [-0.15, -0.1) is 0 Å². The van der Waals surface area contributed by atoms with Crippen LogP contribution in [0.5, 0.6) is 0 Å². The van der Waals surface area contributed by atoms with Crippen LogP contribution in [0, 0.1) is 5.92 Å². The fraction of sp³-hybridized carbons (Fsp3) is 0.625. The van der Waals surface area contributed by atoms with E-state index < -0.39 is 0 Å². The quantitative estimate of drug-likeness (QED) is 0.742. The van der Waals surface area contributed by atoms with Gasteiger partial charge in [0.2, 0.25) is 0 Å². The molecule has 0 heterocycles. The SMILES string of the molecule is CCN(CCOC)CC(C)C(NC)c1ccccc1. The van der Waals surface area contributed by atoms with E-state index in [2.05, 4.69) is 54.4 Å². The summed E-state index contributed by atoms with van der Waals surface area (Å²) in [5.41, 5.74) is 1.36. The number of hydrogen-bond acceptors (Lipinski definition) is 3. The zero-order valence-electron chi connectivity index (χ0n) is 12.7. The van der Waals surface area contributed by atoms with Crippen LogP contribution in [-0.4, -0.2) is 45.3 Å². The smallest absolute Gasteiger partial charge is 0.0589 e. The van der Waals surface area contributed by atoms with Gasteiger partial charge in [0.15, 0.2) is 0 Å². The fourth-order valence-electron chi connectivity index (χ4n) is 2.55. The van der Waals surface area contributed by atoms with E-state index in [1.807, 2.05) is 7.05 Å². The third kappa shape index (κ3) is 5.31. The molecule has 1 N–H and O–H groups in total. The van der Waals surface area contributed by atoms with Crippen LogP contribution in [0.15, 0.2) is 30.3 Å². The van der Waals surface area contributed by atoms with Gasteiger partial charge in [0.1, 0.15) is 0 Å². The van der Waals surface area contributed by atoms with Crippen LogP contribution in [0.3, 0.4) is 0 Å². The van der Waals surface area contributed by atoms with Gasteiger partial charge < -0.3 is 15.0 Å². The zero-order valence-corrected chi connectivity index (χ0v) is 12.7. The maximum absolute atomic E-state index is 5.17. The molecule has 0 fully saturated rings. The third-order valence-electron chi connectivity index (χ3n) is 3.64. The summed E-state index contributed by atoms with van der Waals surface area (Å²) in [5.74, 6) is 0.559. The first-order chi connectivity index (χ1) is 9.22. The average Bonchev–Trinajstić information content (AvgIpc) is 2.45. The van der Waals surface area contributed by atoms with Crippen LogP contribution in [0.25, 0.3) is 0 Å². The highest BCUT2D eigenvalue weighted by Crippen LogP contribution is 2.22. The van der Waals surface area contributed by atoms with Gasteiger partial charge in [-0.2, -0.15) is 0 Å². The molecule has 0 aliphatic carbocycles. The minimum absolute atomic E-state index is 0.401. The summed E-state index contributed by atoms with van der Waals surface area (Å²) < 4.78 is 5.17. The Labute approximate surface area is 118 Å². The molecule has 19 heavy (non-hydrogen) atoms. The highest BCUT2D eigenvalue weighted by Gasteiger charge is 2.19. The largest absolute Gasteiger partial charge is 0.383 e. The molecule has 2 atom stereocenters. The summed E-state index contributed by atoms with van der Waals surface area (Å²) in [6, 6.07) is 11.1. The number of hydrogen-bond donors (Lipinski definition) is 1. The minimum Gasteiger partial charge on any atom is -0.383 e. The van der Waals surface area contributed by atoms with Crippen molar-refractivity contribution in [1.29, 1.82) is 0 Å². The number of benzene rings is 1. The fourth-order valence-corrected chi connectivity index (χ4v) is 2.55. The molecule has 0 spiro atoms. The lowest BCUT2D eigenvalue weighted by molar-refractivity contribution is 0.136. The zero-order chi connectivity index (χ0) is 14.1. The molecule has 2 unspecified atom stereocenters. The summed E-state index contributed by atoms with van der Waals surface area (Å²) in [7, 11) is 3.80. The standard InChI is InChI=1S/C16H28N2O/c1-5-18(11-12-19-4)13-14(2)16(17-3)15-9-7-6-8-10-15/h6-10,14,16-17H,5,11-13H2,1-4H3. The molecule has 1 rings (SSSR count). The summed E-state index contributed by atoms with van der Waals surface area (Å²) in [4.78, 5) is 2.45. The van der Waals surface area contributed by atoms with Gasteiger partial charge in [-0.3, -0.25) is 0 Å². The van der Waals surface area contributed by atoms with E-state index in [9.17, 15) is 0 Å². The number of rotatable bonds is 9. The van der Waals surface area contributed by atoms with Crippen molar-refractivity contribution in [2.75, 3.05) is 40.4 Å². The lowest BCUT2D eigenvalue weighted by Crippen LogP contribution is -2.36. The van der Waals surface area contributed by atoms with Crippen molar-refractivity contribution >= 4 is 0 Å². The van der Waals surface area contributed by atoms with Crippen molar-refractivity contribution in [3.8, 4) is 0 Å². The van der Waals surface area contributed by atoms with Crippen LogP contribution >= 0.6 is 0 Å². The second-order valence-electron chi connectivity index (χ2n) is 5.04. The van der Waals surface area contributed by atoms with Gasteiger partial charge in [0, 0.05) is 26.2 Å². The van der Waals surface area contributed by atoms with Gasteiger partial charge in [-0.05, 0) is 25.1 Å². The van der Waals surface area contributed by atoms with Gasteiger partial charge >= 0.3 is 0 Å². The van der Waals surface area contributed by atoms with Crippen molar-refractivity contribution in [1.82, 2.24) is 10.2 Å². The first kappa shape index (κ1) is 16.2. The van der Waals surface area contributed by atoms with Crippen LogP contribution in [0.2, 0.25) is 0 Å². The van der Waals surface area contributed by atoms with Gasteiger partial charge in [0.25, 0.3) is 0 Å². The first-order valence-corrected chi connectivity index (χ1v) is 7.16. The topological polar surface area (TPSA) is 24.5 Å². The predicted molar refractivity (Wildman–Crippen MR) is 81.4 cm³/mol. The van der Waals surface area contributed by atoms with Crippen molar-refractivity contribution in [3.05, 3.63) is 35.9 Å². The van der Waals surface area contributed by atoms with E-state index in [-0.39, 0.29) is 0 Å². The Hall–Kier alpha value is -0.900. The molecule has 0 saturated carbocycles. The Kier molecular flexibility index (Phi) is 7.72. The summed E-state index contributed by atoms with van der Waals surface area (Å²) in [5, 5.41) is 3.45. The van der Waals surface area contributed by atoms with E-state index in [1.165, 1.54) is 5.56 Å². The Balaban J connectivity index is 2.60.